The number of nitrogens with one attached hydrogen (secondary N) is 1. The summed E-state index contributed by atoms with van der Waals surface area (Å²) in [5.41, 5.74) is 0.335. The van der Waals surface area contributed by atoms with Gasteiger partial charge in [-0.05, 0) is 43.7 Å². The van der Waals surface area contributed by atoms with Crippen LogP contribution in [0.1, 0.15) is 19.4 Å². The fourth-order valence-corrected chi connectivity index (χ4v) is 1.72. The molecule has 2 rings (SSSR count). The Morgan fingerprint density at radius 1 is 1.10 bits per heavy atom. The van der Waals surface area contributed by atoms with E-state index in [1.165, 1.54) is 0 Å². The minimum absolute atomic E-state index is 0.476. The molecule has 2 aromatic rings. The molecule has 4 heteroatoms. The fourth-order valence-electron chi connectivity index (χ4n) is 1.72. The Hall–Kier alpha value is -2.33. The van der Waals surface area contributed by atoms with E-state index >= 15 is 0 Å². The lowest BCUT2D eigenvalue weighted by Gasteiger charge is -2.18. The summed E-state index contributed by atoms with van der Waals surface area (Å²) in [5, 5.41) is 12.6. The summed E-state index contributed by atoms with van der Waals surface area (Å²) in [6.07, 6.45) is -0.566. The molecule has 0 aromatic heterocycles. The Bertz CT molecular complexity index is 588. The third-order valence-corrected chi connectivity index (χ3v) is 2.77. The molecule has 0 saturated heterocycles. The molecule has 1 amide bonds. The van der Waals surface area contributed by atoms with Gasteiger partial charge in [0.2, 0.25) is 0 Å². The van der Waals surface area contributed by atoms with Crippen molar-refractivity contribution in [3.63, 3.8) is 0 Å². The van der Waals surface area contributed by atoms with E-state index in [4.69, 9.17) is 4.74 Å². The van der Waals surface area contributed by atoms with Crippen molar-refractivity contribution in [1.82, 2.24) is 0 Å². The minimum Gasteiger partial charge on any atom is -0.410 e. The van der Waals surface area contributed by atoms with Crippen molar-refractivity contribution in [2.45, 2.75) is 19.4 Å². The van der Waals surface area contributed by atoms with E-state index in [2.05, 4.69) is 5.32 Å². The van der Waals surface area contributed by atoms with Crippen molar-refractivity contribution in [3.05, 3.63) is 60.2 Å². The van der Waals surface area contributed by atoms with Crippen LogP contribution in [0.5, 0.6) is 5.75 Å². The highest BCUT2D eigenvalue weighted by molar-refractivity contribution is 5.86. The number of benzene rings is 2. The number of aliphatic hydroxyl groups is 1. The summed E-state index contributed by atoms with van der Waals surface area (Å²) < 4.78 is 5.13. The number of amides is 1. The van der Waals surface area contributed by atoms with Crippen LogP contribution in [-0.2, 0) is 5.60 Å². The number of rotatable bonds is 3. The molecule has 0 aliphatic heterocycles. The zero-order valence-electron chi connectivity index (χ0n) is 11.5. The molecule has 104 valence electrons. The van der Waals surface area contributed by atoms with Gasteiger partial charge < -0.3 is 9.84 Å². The first-order chi connectivity index (χ1) is 9.45. The van der Waals surface area contributed by atoms with Crippen LogP contribution in [0.4, 0.5) is 10.5 Å². The lowest BCUT2D eigenvalue weighted by molar-refractivity contribution is 0.0786. The average Bonchev–Trinajstić information content (AvgIpc) is 2.39. The van der Waals surface area contributed by atoms with Crippen molar-refractivity contribution >= 4 is 11.8 Å². The molecule has 0 radical (unpaired) electrons. The van der Waals surface area contributed by atoms with E-state index in [1.54, 1.807) is 62.4 Å². The van der Waals surface area contributed by atoms with Gasteiger partial charge in [0.1, 0.15) is 5.75 Å². The monoisotopic (exact) mass is 271 g/mol. The molecule has 2 aromatic carbocycles. The molecule has 0 atom stereocenters. The third kappa shape index (κ3) is 3.83. The first kappa shape index (κ1) is 14.1. The predicted octanol–water partition coefficient (Wildman–Crippen LogP) is 3.52. The summed E-state index contributed by atoms with van der Waals surface area (Å²) in [6.45, 7) is 3.38. The van der Waals surface area contributed by atoms with E-state index < -0.39 is 11.7 Å². The van der Waals surface area contributed by atoms with E-state index in [1.807, 2.05) is 6.07 Å². The molecule has 0 bridgehead atoms. The van der Waals surface area contributed by atoms with Crippen LogP contribution >= 0.6 is 0 Å². The standard InChI is InChI=1S/C16H17NO3/c1-16(2,19)12-7-6-8-13(11-12)17-15(18)20-14-9-4-3-5-10-14/h3-11,19H,1-2H3,(H,17,18). The normalized spacial score (nSPS) is 10.9. The van der Waals surface area contributed by atoms with Crippen LogP contribution in [0, 0.1) is 0 Å². The maximum Gasteiger partial charge on any atom is 0.417 e. The van der Waals surface area contributed by atoms with Crippen LogP contribution in [0.2, 0.25) is 0 Å². The summed E-state index contributed by atoms with van der Waals surface area (Å²) in [5.74, 6) is 0.476. The maximum atomic E-state index is 11.7. The lowest BCUT2D eigenvalue weighted by atomic mass is 9.98. The Morgan fingerprint density at radius 3 is 2.45 bits per heavy atom. The van der Waals surface area contributed by atoms with Gasteiger partial charge in [0.25, 0.3) is 0 Å². The second kappa shape index (κ2) is 5.75. The van der Waals surface area contributed by atoms with Gasteiger partial charge in [-0.15, -0.1) is 0 Å². The van der Waals surface area contributed by atoms with Gasteiger partial charge in [-0.1, -0.05) is 30.3 Å². The Morgan fingerprint density at radius 2 is 1.80 bits per heavy atom. The maximum absolute atomic E-state index is 11.7. The Kier molecular flexibility index (Phi) is 4.05. The van der Waals surface area contributed by atoms with Gasteiger partial charge >= 0.3 is 6.09 Å². The predicted molar refractivity (Wildman–Crippen MR) is 77.8 cm³/mol. The van der Waals surface area contributed by atoms with Crippen LogP contribution in [0.3, 0.4) is 0 Å². The first-order valence-corrected chi connectivity index (χ1v) is 6.32. The molecule has 0 fully saturated rings. The van der Waals surface area contributed by atoms with Crippen molar-refractivity contribution in [3.8, 4) is 5.75 Å². The van der Waals surface area contributed by atoms with Gasteiger partial charge in [0.05, 0.1) is 5.60 Å². The van der Waals surface area contributed by atoms with Gasteiger partial charge in [-0.2, -0.15) is 0 Å². The Labute approximate surface area is 118 Å². The number of hydrogen-bond acceptors (Lipinski definition) is 3. The largest absolute Gasteiger partial charge is 0.417 e. The second-order valence-corrected chi connectivity index (χ2v) is 4.97. The van der Waals surface area contributed by atoms with Gasteiger partial charge in [0.15, 0.2) is 0 Å². The van der Waals surface area contributed by atoms with Crippen molar-refractivity contribution in [2.75, 3.05) is 5.32 Å². The molecular formula is C16H17NO3. The quantitative estimate of drug-likeness (QED) is 0.897. The number of carbonyl (C=O) groups excluding carboxylic acids is 1. The lowest BCUT2D eigenvalue weighted by Crippen LogP contribution is -2.19. The SMILES string of the molecule is CC(C)(O)c1cccc(NC(=O)Oc2ccccc2)c1. The van der Waals surface area contributed by atoms with Crippen LogP contribution in [0.25, 0.3) is 0 Å². The highest BCUT2D eigenvalue weighted by Gasteiger charge is 2.16. The number of anilines is 1. The number of para-hydroxylation sites is 1. The molecule has 0 aliphatic carbocycles. The molecule has 0 unspecified atom stereocenters. The zero-order valence-corrected chi connectivity index (χ0v) is 11.5. The summed E-state index contributed by atoms with van der Waals surface area (Å²) >= 11 is 0. The van der Waals surface area contributed by atoms with Crippen LogP contribution in [-0.4, -0.2) is 11.2 Å². The minimum atomic E-state index is -0.957. The summed E-state index contributed by atoms with van der Waals surface area (Å²) in [7, 11) is 0. The number of carbonyl (C=O) groups is 1. The van der Waals surface area contributed by atoms with Crippen molar-refractivity contribution in [1.29, 1.82) is 0 Å². The Balaban J connectivity index is 2.05. The van der Waals surface area contributed by atoms with E-state index in [-0.39, 0.29) is 0 Å². The van der Waals surface area contributed by atoms with Crippen molar-refractivity contribution in [2.24, 2.45) is 0 Å². The molecule has 0 saturated carbocycles. The summed E-state index contributed by atoms with van der Waals surface area (Å²) in [6, 6.07) is 15.8. The molecule has 20 heavy (non-hydrogen) atoms. The average molecular weight is 271 g/mol. The number of hydrogen-bond donors (Lipinski definition) is 2. The second-order valence-electron chi connectivity index (χ2n) is 4.97. The van der Waals surface area contributed by atoms with Crippen molar-refractivity contribution < 1.29 is 14.6 Å². The molecule has 0 aliphatic rings. The topological polar surface area (TPSA) is 58.6 Å². The molecule has 0 heterocycles. The smallest absolute Gasteiger partial charge is 0.410 e. The van der Waals surface area contributed by atoms with Gasteiger partial charge in [0, 0.05) is 5.69 Å². The van der Waals surface area contributed by atoms with E-state index in [0.29, 0.717) is 11.4 Å². The van der Waals surface area contributed by atoms with E-state index in [9.17, 15) is 9.90 Å². The first-order valence-electron chi connectivity index (χ1n) is 6.32. The summed E-state index contributed by atoms with van der Waals surface area (Å²) in [4.78, 5) is 11.7. The van der Waals surface area contributed by atoms with Crippen LogP contribution in [0.15, 0.2) is 54.6 Å². The highest BCUT2D eigenvalue weighted by atomic mass is 16.6. The molecule has 2 N–H and O–H groups in total. The molecular weight excluding hydrogens is 254 g/mol. The highest BCUT2D eigenvalue weighted by Crippen LogP contribution is 2.22. The van der Waals surface area contributed by atoms with Gasteiger partial charge in [-0.25, -0.2) is 4.79 Å². The third-order valence-electron chi connectivity index (χ3n) is 2.77. The molecule has 4 nitrogen and oxygen atoms in total. The molecule has 0 spiro atoms. The van der Waals surface area contributed by atoms with Gasteiger partial charge in [-0.3, -0.25) is 5.32 Å². The van der Waals surface area contributed by atoms with E-state index in [0.717, 1.165) is 5.56 Å². The van der Waals surface area contributed by atoms with Crippen LogP contribution < -0.4 is 10.1 Å². The zero-order chi connectivity index (χ0) is 14.6. The fraction of sp³-hybridized carbons (Fsp3) is 0.188. The number of ether oxygens (including phenoxy) is 1.